The maximum Gasteiger partial charge on any atom is 0.275 e. The van der Waals surface area contributed by atoms with Crippen LogP contribution in [0.2, 0.25) is 5.02 Å². The summed E-state index contributed by atoms with van der Waals surface area (Å²) >= 11 is 7.85. The first-order valence-electron chi connectivity index (χ1n) is 8.57. The van der Waals surface area contributed by atoms with Crippen LogP contribution in [0, 0.1) is 6.92 Å². The van der Waals surface area contributed by atoms with Crippen LogP contribution in [-0.4, -0.2) is 12.5 Å². The maximum absolute atomic E-state index is 12.3. The Bertz CT molecular complexity index is 847. The minimum atomic E-state index is -0.00131. The van der Waals surface area contributed by atoms with E-state index in [1.54, 1.807) is 11.3 Å². The number of quaternary nitrogens is 1. The molecular formula is C21H22ClN2OS+. The number of nitrogens with two attached hydrogens (primary N) is 1. The highest BCUT2D eigenvalue weighted by Crippen LogP contribution is 2.23. The Labute approximate surface area is 163 Å². The van der Waals surface area contributed by atoms with Crippen molar-refractivity contribution >= 4 is 28.8 Å². The van der Waals surface area contributed by atoms with Crippen LogP contribution < -0.4 is 10.6 Å². The van der Waals surface area contributed by atoms with Crippen molar-refractivity contribution in [2.45, 2.75) is 19.5 Å². The fourth-order valence-electron chi connectivity index (χ4n) is 2.79. The zero-order valence-corrected chi connectivity index (χ0v) is 16.2. The van der Waals surface area contributed by atoms with Gasteiger partial charge >= 0.3 is 0 Å². The van der Waals surface area contributed by atoms with Crippen molar-refractivity contribution in [3.8, 4) is 0 Å². The Morgan fingerprint density at radius 2 is 1.88 bits per heavy atom. The Morgan fingerprint density at radius 3 is 2.58 bits per heavy atom. The van der Waals surface area contributed by atoms with Crippen LogP contribution in [0.3, 0.4) is 0 Å². The Kier molecular flexibility index (Phi) is 6.45. The van der Waals surface area contributed by atoms with Gasteiger partial charge in [-0.25, -0.2) is 0 Å². The van der Waals surface area contributed by atoms with E-state index in [0.717, 1.165) is 5.56 Å². The molecule has 3 rings (SSSR count). The Hall–Kier alpha value is -2.14. The van der Waals surface area contributed by atoms with Gasteiger partial charge in [-0.1, -0.05) is 65.7 Å². The smallest absolute Gasteiger partial charge is 0.275 e. The molecule has 0 aliphatic carbocycles. The summed E-state index contributed by atoms with van der Waals surface area (Å²) in [6.07, 6.45) is 0. The van der Waals surface area contributed by atoms with E-state index in [1.165, 1.54) is 16.0 Å². The molecule has 0 radical (unpaired) electrons. The first kappa shape index (κ1) is 18.6. The number of benzene rings is 2. The van der Waals surface area contributed by atoms with E-state index in [0.29, 0.717) is 18.1 Å². The van der Waals surface area contributed by atoms with E-state index in [9.17, 15) is 4.79 Å². The number of amides is 1. The third-order valence-corrected chi connectivity index (χ3v) is 5.58. The monoisotopic (exact) mass is 385 g/mol. The number of thiophene rings is 1. The Morgan fingerprint density at radius 1 is 1.12 bits per heavy atom. The van der Waals surface area contributed by atoms with Crippen molar-refractivity contribution < 1.29 is 10.1 Å². The maximum atomic E-state index is 12.3. The normalized spacial score (nSPS) is 11.9. The van der Waals surface area contributed by atoms with Gasteiger partial charge in [0.15, 0.2) is 6.54 Å². The Balaban J connectivity index is 1.61. The molecule has 1 heterocycles. The molecule has 0 bridgehead atoms. The second-order valence-corrected chi connectivity index (χ2v) is 7.60. The molecule has 0 saturated heterocycles. The zero-order chi connectivity index (χ0) is 18.4. The fourth-order valence-corrected chi connectivity index (χ4v) is 3.84. The predicted octanol–water partition coefficient (Wildman–Crippen LogP) is 3.68. The molecule has 1 atom stereocenters. The van der Waals surface area contributed by atoms with Crippen LogP contribution in [0.4, 0.5) is 0 Å². The van der Waals surface area contributed by atoms with E-state index < -0.39 is 0 Å². The minimum absolute atomic E-state index is 0.00131. The van der Waals surface area contributed by atoms with Gasteiger partial charge in [0.2, 0.25) is 0 Å². The molecule has 0 spiro atoms. The van der Waals surface area contributed by atoms with Gasteiger partial charge < -0.3 is 10.6 Å². The molecule has 3 aromatic rings. The number of carbonyl (C=O) groups excluding carboxylic acids is 1. The van der Waals surface area contributed by atoms with Crippen molar-refractivity contribution in [2.75, 3.05) is 6.54 Å². The largest absolute Gasteiger partial charge is 0.347 e. The highest BCUT2D eigenvalue weighted by Gasteiger charge is 2.20. The van der Waals surface area contributed by atoms with Crippen molar-refractivity contribution in [3.63, 3.8) is 0 Å². The van der Waals surface area contributed by atoms with Gasteiger partial charge in [-0.05, 0) is 30.0 Å². The number of hydrogen-bond donors (Lipinski definition) is 2. The summed E-state index contributed by atoms with van der Waals surface area (Å²) in [5.74, 6) is -0.00131. The lowest BCUT2D eigenvalue weighted by molar-refractivity contribution is -0.676. The molecule has 134 valence electrons. The van der Waals surface area contributed by atoms with Gasteiger partial charge in [0, 0.05) is 17.1 Å². The lowest BCUT2D eigenvalue weighted by atomic mass is 10.0. The van der Waals surface area contributed by atoms with E-state index >= 15 is 0 Å². The highest BCUT2D eigenvalue weighted by molar-refractivity contribution is 7.10. The van der Waals surface area contributed by atoms with Crippen LogP contribution in [0.5, 0.6) is 0 Å². The summed E-state index contributed by atoms with van der Waals surface area (Å²) in [5.41, 5.74) is 3.36. The van der Waals surface area contributed by atoms with E-state index in [4.69, 9.17) is 11.6 Å². The summed E-state index contributed by atoms with van der Waals surface area (Å²) in [4.78, 5) is 13.5. The lowest BCUT2D eigenvalue weighted by Gasteiger charge is -2.15. The van der Waals surface area contributed by atoms with Crippen LogP contribution in [0.1, 0.15) is 27.6 Å². The van der Waals surface area contributed by atoms with Crippen molar-refractivity contribution in [3.05, 3.63) is 92.6 Å². The first-order chi connectivity index (χ1) is 12.6. The molecule has 3 N–H and O–H groups in total. The van der Waals surface area contributed by atoms with E-state index in [-0.39, 0.29) is 11.9 Å². The quantitative estimate of drug-likeness (QED) is 0.640. The first-order valence-corrected chi connectivity index (χ1v) is 9.82. The molecule has 0 aliphatic heterocycles. The summed E-state index contributed by atoms with van der Waals surface area (Å²) in [6, 6.07) is 20.4. The molecule has 26 heavy (non-hydrogen) atoms. The number of rotatable bonds is 7. The fraction of sp³-hybridized carbons (Fsp3) is 0.190. The number of halogens is 1. The molecule has 5 heteroatoms. The topological polar surface area (TPSA) is 45.7 Å². The molecule has 0 aliphatic rings. The summed E-state index contributed by atoms with van der Waals surface area (Å²) in [5, 5.41) is 7.78. The highest BCUT2D eigenvalue weighted by atomic mass is 35.5. The average Bonchev–Trinajstić information content (AvgIpc) is 3.17. The molecular weight excluding hydrogens is 364 g/mol. The second-order valence-electron chi connectivity index (χ2n) is 6.21. The SMILES string of the molecule is Cc1ccc([C@H]([NH2+]CC(=O)NCc2ccccc2Cl)c2cccs2)cc1. The van der Waals surface area contributed by atoms with Crippen LogP contribution in [0.25, 0.3) is 0 Å². The van der Waals surface area contributed by atoms with Crippen molar-refractivity contribution in [1.29, 1.82) is 0 Å². The predicted molar refractivity (Wildman–Crippen MR) is 107 cm³/mol. The molecule has 2 aromatic carbocycles. The third-order valence-electron chi connectivity index (χ3n) is 4.26. The summed E-state index contributed by atoms with van der Waals surface area (Å²) in [6.45, 7) is 2.89. The van der Waals surface area contributed by atoms with Crippen molar-refractivity contribution in [2.24, 2.45) is 0 Å². The van der Waals surface area contributed by atoms with Gasteiger partial charge in [0.1, 0.15) is 6.04 Å². The average molecular weight is 386 g/mol. The van der Waals surface area contributed by atoms with Gasteiger partial charge in [0.05, 0.1) is 4.88 Å². The number of nitrogens with one attached hydrogen (secondary N) is 1. The van der Waals surface area contributed by atoms with Crippen LogP contribution in [-0.2, 0) is 11.3 Å². The molecule has 0 unspecified atom stereocenters. The standard InChI is InChI=1S/C21H21ClN2OS/c1-15-8-10-16(11-9-15)21(19-7-4-12-26-19)24-14-20(25)23-13-17-5-2-3-6-18(17)22/h2-12,21,24H,13-14H2,1H3,(H,23,25)/p+1/t21-/m0/s1. The van der Waals surface area contributed by atoms with Crippen LogP contribution >= 0.6 is 22.9 Å². The third kappa shape index (κ3) is 4.94. The number of carbonyl (C=O) groups is 1. The number of aryl methyl sites for hydroxylation is 1. The molecule has 1 amide bonds. The molecule has 3 nitrogen and oxygen atoms in total. The minimum Gasteiger partial charge on any atom is -0.347 e. The van der Waals surface area contributed by atoms with Crippen molar-refractivity contribution in [1.82, 2.24) is 5.32 Å². The molecule has 1 aromatic heterocycles. The second kappa shape index (κ2) is 8.99. The zero-order valence-electron chi connectivity index (χ0n) is 14.6. The van der Waals surface area contributed by atoms with Crippen LogP contribution in [0.15, 0.2) is 66.0 Å². The van der Waals surface area contributed by atoms with E-state index in [1.807, 2.05) is 30.3 Å². The lowest BCUT2D eigenvalue weighted by Crippen LogP contribution is -2.87. The summed E-state index contributed by atoms with van der Waals surface area (Å²) in [7, 11) is 0. The molecule has 0 fully saturated rings. The van der Waals surface area contributed by atoms with Gasteiger partial charge in [-0.3, -0.25) is 4.79 Å². The summed E-state index contributed by atoms with van der Waals surface area (Å²) < 4.78 is 0. The van der Waals surface area contributed by atoms with Gasteiger partial charge in [0.25, 0.3) is 5.91 Å². The van der Waals surface area contributed by atoms with Gasteiger partial charge in [-0.15, -0.1) is 11.3 Å². The van der Waals surface area contributed by atoms with Gasteiger partial charge in [-0.2, -0.15) is 0 Å². The van der Waals surface area contributed by atoms with E-state index in [2.05, 4.69) is 53.3 Å². The number of hydrogen-bond acceptors (Lipinski definition) is 2. The molecule has 0 saturated carbocycles.